The number of ketones is 1. The van der Waals surface area contributed by atoms with Crippen molar-refractivity contribution < 1.29 is 19.1 Å². The molecule has 4 nitrogen and oxygen atoms in total. The monoisotopic (exact) mass is 298 g/mol. The second-order valence-electron chi connectivity index (χ2n) is 4.22. The lowest BCUT2D eigenvalue weighted by molar-refractivity contribution is -0.145. The van der Waals surface area contributed by atoms with Gasteiger partial charge in [-0.2, -0.15) is 0 Å². The molecule has 110 valence electrons. The Morgan fingerprint density at radius 2 is 1.95 bits per heavy atom. The zero-order valence-electron chi connectivity index (χ0n) is 11.5. The topological polar surface area (TPSA) is 52.6 Å². The van der Waals surface area contributed by atoms with Gasteiger partial charge < -0.3 is 9.47 Å². The fourth-order valence-corrected chi connectivity index (χ4v) is 1.76. The highest BCUT2D eigenvalue weighted by atomic mass is 35.5. The van der Waals surface area contributed by atoms with Crippen LogP contribution in [0.15, 0.2) is 30.3 Å². The molecule has 0 unspecified atom stereocenters. The van der Waals surface area contributed by atoms with Crippen LogP contribution in [0.5, 0.6) is 0 Å². The summed E-state index contributed by atoms with van der Waals surface area (Å²) < 4.78 is 10.1. The van der Waals surface area contributed by atoms with Crippen LogP contribution < -0.4 is 0 Å². The van der Waals surface area contributed by atoms with Gasteiger partial charge in [0.1, 0.15) is 0 Å². The molecule has 0 amide bonds. The Hall–Kier alpha value is -1.39. The number of carbonyl (C=O) groups excluding carboxylic acids is 2. The maximum absolute atomic E-state index is 11.6. The summed E-state index contributed by atoms with van der Waals surface area (Å²) in [4.78, 5) is 22.9. The van der Waals surface area contributed by atoms with Gasteiger partial charge in [-0.05, 0) is 18.9 Å². The summed E-state index contributed by atoms with van der Waals surface area (Å²) in [5.41, 5.74) is 1.08. The summed E-state index contributed by atoms with van der Waals surface area (Å²) in [5.74, 6) is -1.00. The van der Waals surface area contributed by atoms with Gasteiger partial charge in [-0.1, -0.05) is 30.3 Å². The normalized spacial score (nSPS) is 11.9. The number of Topliss-reactive ketones (excluding diaryl/α,β-unsaturated/α-hetero) is 1. The molecule has 0 saturated heterocycles. The lowest BCUT2D eigenvalue weighted by Gasteiger charge is -2.08. The van der Waals surface area contributed by atoms with Crippen LogP contribution in [-0.4, -0.2) is 30.3 Å². The second kappa shape index (κ2) is 9.50. The molecule has 0 aromatic heterocycles. The minimum absolute atomic E-state index is 0.210. The van der Waals surface area contributed by atoms with E-state index in [0.29, 0.717) is 19.6 Å². The van der Waals surface area contributed by atoms with E-state index in [4.69, 9.17) is 16.3 Å². The van der Waals surface area contributed by atoms with Crippen molar-refractivity contribution in [3.63, 3.8) is 0 Å². The summed E-state index contributed by atoms with van der Waals surface area (Å²) in [7, 11) is 0. The minimum atomic E-state index is -1.20. The third-order valence-corrected chi connectivity index (χ3v) is 3.02. The Morgan fingerprint density at radius 3 is 2.60 bits per heavy atom. The van der Waals surface area contributed by atoms with Crippen molar-refractivity contribution in [2.24, 2.45) is 0 Å². The molecule has 20 heavy (non-hydrogen) atoms. The van der Waals surface area contributed by atoms with Crippen molar-refractivity contribution in [2.45, 2.75) is 31.7 Å². The Bertz CT molecular complexity index is 419. The molecular weight excluding hydrogens is 280 g/mol. The SMILES string of the molecule is CCOC(=O)[C@@H](Cl)C(=O)CCCOCc1ccccc1. The maximum atomic E-state index is 11.6. The highest BCUT2D eigenvalue weighted by Crippen LogP contribution is 2.07. The first kappa shape index (κ1) is 16.7. The van der Waals surface area contributed by atoms with Gasteiger partial charge in [0.2, 0.25) is 0 Å². The van der Waals surface area contributed by atoms with Crippen LogP contribution >= 0.6 is 11.6 Å². The highest BCUT2D eigenvalue weighted by Gasteiger charge is 2.24. The van der Waals surface area contributed by atoms with Crippen molar-refractivity contribution in [2.75, 3.05) is 13.2 Å². The van der Waals surface area contributed by atoms with Crippen LogP contribution in [0.3, 0.4) is 0 Å². The molecule has 1 rings (SSSR count). The van der Waals surface area contributed by atoms with E-state index in [-0.39, 0.29) is 18.8 Å². The molecule has 0 saturated carbocycles. The molecule has 0 aliphatic rings. The Labute approximate surface area is 124 Å². The summed E-state index contributed by atoms with van der Waals surface area (Å²) in [5, 5.41) is -1.20. The van der Waals surface area contributed by atoms with E-state index >= 15 is 0 Å². The second-order valence-corrected chi connectivity index (χ2v) is 4.66. The number of benzene rings is 1. The van der Waals surface area contributed by atoms with Crippen LogP contribution in [0.2, 0.25) is 0 Å². The molecule has 0 aliphatic heterocycles. The Morgan fingerprint density at radius 1 is 1.25 bits per heavy atom. The predicted octanol–water partition coefficient (Wildman–Crippen LogP) is 2.72. The van der Waals surface area contributed by atoms with Gasteiger partial charge in [-0.15, -0.1) is 11.6 Å². The molecule has 0 N–H and O–H groups in total. The summed E-state index contributed by atoms with van der Waals surface area (Å²) >= 11 is 5.70. The molecule has 0 spiro atoms. The predicted molar refractivity (Wildman–Crippen MR) is 76.6 cm³/mol. The third-order valence-electron chi connectivity index (χ3n) is 2.60. The van der Waals surface area contributed by atoms with Gasteiger partial charge in [0.05, 0.1) is 13.2 Å². The Balaban J connectivity index is 2.14. The first-order valence-electron chi connectivity index (χ1n) is 6.60. The van der Waals surface area contributed by atoms with Crippen molar-refractivity contribution >= 4 is 23.4 Å². The number of alkyl halides is 1. The fraction of sp³-hybridized carbons (Fsp3) is 0.467. The van der Waals surface area contributed by atoms with E-state index in [1.54, 1.807) is 6.92 Å². The molecule has 0 fully saturated rings. The number of hydrogen-bond donors (Lipinski definition) is 0. The summed E-state index contributed by atoms with van der Waals surface area (Å²) in [6.45, 7) is 2.85. The van der Waals surface area contributed by atoms with Crippen molar-refractivity contribution in [1.29, 1.82) is 0 Å². The molecule has 0 bridgehead atoms. The van der Waals surface area contributed by atoms with E-state index in [1.807, 2.05) is 30.3 Å². The number of hydrogen-bond acceptors (Lipinski definition) is 4. The molecule has 0 heterocycles. The molecule has 1 aromatic carbocycles. The van der Waals surface area contributed by atoms with Gasteiger partial charge in [0.15, 0.2) is 11.2 Å². The average molecular weight is 299 g/mol. The molecule has 1 atom stereocenters. The molecule has 1 aromatic rings. The van der Waals surface area contributed by atoms with Crippen LogP contribution in [0.1, 0.15) is 25.3 Å². The quantitative estimate of drug-likeness (QED) is 0.304. The van der Waals surface area contributed by atoms with Crippen molar-refractivity contribution in [3.8, 4) is 0 Å². The van der Waals surface area contributed by atoms with Crippen molar-refractivity contribution in [3.05, 3.63) is 35.9 Å². The first-order valence-corrected chi connectivity index (χ1v) is 7.04. The van der Waals surface area contributed by atoms with E-state index < -0.39 is 11.3 Å². The van der Waals surface area contributed by atoms with E-state index in [1.165, 1.54) is 0 Å². The van der Waals surface area contributed by atoms with Gasteiger partial charge in [0, 0.05) is 13.0 Å². The largest absolute Gasteiger partial charge is 0.465 e. The zero-order valence-corrected chi connectivity index (χ0v) is 12.3. The molecular formula is C15H19ClO4. The lowest BCUT2D eigenvalue weighted by atomic mass is 10.1. The van der Waals surface area contributed by atoms with Gasteiger partial charge in [0.25, 0.3) is 0 Å². The number of carbonyl (C=O) groups is 2. The first-order chi connectivity index (χ1) is 9.65. The zero-order chi connectivity index (χ0) is 14.8. The average Bonchev–Trinajstić information content (AvgIpc) is 2.47. The fourth-order valence-electron chi connectivity index (χ4n) is 1.59. The molecule has 0 aliphatic carbocycles. The summed E-state index contributed by atoms with van der Waals surface area (Å²) in [6, 6.07) is 9.78. The lowest BCUT2D eigenvalue weighted by Crippen LogP contribution is -2.26. The van der Waals surface area contributed by atoms with Crippen LogP contribution in [-0.2, 0) is 25.7 Å². The van der Waals surface area contributed by atoms with Gasteiger partial charge >= 0.3 is 5.97 Å². The number of esters is 1. The van der Waals surface area contributed by atoms with Crippen LogP contribution in [0.25, 0.3) is 0 Å². The number of ether oxygens (including phenoxy) is 2. The molecule has 0 radical (unpaired) electrons. The summed E-state index contributed by atoms with van der Waals surface area (Å²) in [6.07, 6.45) is 0.746. The third kappa shape index (κ3) is 6.17. The number of halogens is 1. The van der Waals surface area contributed by atoms with Crippen LogP contribution in [0.4, 0.5) is 0 Å². The minimum Gasteiger partial charge on any atom is -0.465 e. The van der Waals surface area contributed by atoms with Gasteiger partial charge in [-0.25, -0.2) is 4.79 Å². The van der Waals surface area contributed by atoms with Crippen LogP contribution in [0, 0.1) is 0 Å². The van der Waals surface area contributed by atoms with Gasteiger partial charge in [-0.3, -0.25) is 4.79 Å². The van der Waals surface area contributed by atoms with Crippen molar-refractivity contribution in [1.82, 2.24) is 0 Å². The van der Waals surface area contributed by atoms with E-state index in [2.05, 4.69) is 4.74 Å². The smallest absolute Gasteiger partial charge is 0.331 e. The maximum Gasteiger partial charge on any atom is 0.331 e. The molecule has 5 heteroatoms. The standard InChI is InChI=1S/C15H19ClO4/c1-2-20-15(18)14(16)13(17)9-6-10-19-11-12-7-4-3-5-8-12/h3-5,7-8,14H,2,6,9-11H2,1H3/t14-/m0/s1. The number of rotatable bonds is 9. The Kier molecular flexibility index (Phi) is 7.92. The van der Waals surface area contributed by atoms with E-state index in [9.17, 15) is 9.59 Å². The van der Waals surface area contributed by atoms with E-state index in [0.717, 1.165) is 5.56 Å². The highest BCUT2D eigenvalue weighted by molar-refractivity contribution is 6.41.